The molecule has 0 saturated carbocycles. The molecule has 0 radical (unpaired) electrons. The maximum absolute atomic E-state index is 5.54. The molecule has 1 aliphatic rings. The number of rotatable bonds is 7. The Bertz CT molecular complexity index is 145. The molecule has 0 aromatic heterocycles. The minimum absolute atomic E-state index is 0.318. The first-order valence-corrected chi connectivity index (χ1v) is 6.19. The van der Waals surface area contributed by atoms with Crippen LogP contribution in [0.5, 0.6) is 0 Å². The summed E-state index contributed by atoms with van der Waals surface area (Å²) in [6.07, 6.45) is 4.15. The van der Waals surface area contributed by atoms with Crippen LogP contribution in [0, 0.1) is 5.92 Å². The van der Waals surface area contributed by atoms with Crippen molar-refractivity contribution in [1.29, 1.82) is 0 Å². The maximum atomic E-state index is 5.54. The van der Waals surface area contributed by atoms with Gasteiger partial charge in [-0.05, 0) is 52.1 Å². The molecule has 1 aliphatic heterocycles. The van der Waals surface area contributed by atoms with Crippen molar-refractivity contribution in [1.82, 2.24) is 5.32 Å². The molecule has 1 rings (SSSR count). The number of hydrogen-bond acceptors (Lipinski definition) is 3. The van der Waals surface area contributed by atoms with Gasteiger partial charge in [-0.25, -0.2) is 0 Å². The van der Waals surface area contributed by atoms with Gasteiger partial charge in [0.25, 0.3) is 0 Å². The van der Waals surface area contributed by atoms with Gasteiger partial charge < -0.3 is 14.8 Å². The van der Waals surface area contributed by atoms with Gasteiger partial charge in [-0.1, -0.05) is 0 Å². The van der Waals surface area contributed by atoms with E-state index in [4.69, 9.17) is 9.47 Å². The summed E-state index contributed by atoms with van der Waals surface area (Å²) >= 11 is 0. The van der Waals surface area contributed by atoms with E-state index in [1.807, 2.05) is 0 Å². The van der Waals surface area contributed by atoms with E-state index in [2.05, 4.69) is 19.2 Å². The number of piperidine rings is 1. The van der Waals surface area contributed by atoms with Gasteiger partial charge >= 0.3 is 0 Å². The molecule has 0 spiro atoms. The van der Waals surface area contributed by atoms with Crippen molar-refractivity contribution in [2.45, 2.75) is 39.2 Å². The van der Waals surface area contributed by atoms with Gasteiger partial charge in [-0.15, -0.1) is 0 Å². The van der Waals surface area contributed by atoms with Crippen LogP contribution in [0.2, 0.25) is 0 Å². The second-order valence-electron chi connectivity index (χ2n) is 4.51. The Morgan fingerprint density at radius 3 is 2.53 bits per heavy atom. The molecule has 0 amide bonds. The van der Waals surface area contributed by atoms with Crippen LogP contribution in [0.15, 0.2) is 0 Å². The van der Waals surface area contributed by atoms with E-state index in [1.165, 1.54) is 32.4 Å². The highest BCUT2D eigenvalue weighted by Gasteiger charge is 2.11. The molecule has 3 nitrogen and oxygen atoms in total. The zero-order valence-corrected chi connectivity index (χ0v) is 10.1. The molecule has 0 aromatic rings. The van der Waals surface area contributed by atoms with Crippen molar-refractivity contribution < 1.29 is 9.47 Å². The molecular formula is C12H25NO2. The molecule has 0 bridgehead atoms. The van der Waals surface area contributed by atoms with Crippen LogP contribution in [0.3, 0.4) is 0 Å². The van der Waals surface area contributed by atoms with Gasteiger partial charge in [0, 0.05) is 6.61 Å². The zero-order valence-electron chi connectivity index (χ0n) is 10.1. The van der Waals surface area contributed by atoms with Crippen molar-refractivity contribution in [3.63, 3.8) is 0 Å². The first-order valence-electron chi connectivity index (χ1n) is 6.19. The highest BCUT2D eigenvalue weighted by molar-refractivity contribution is 4.67. The van der Waals surface area contributed by atoms with Crippen LogP contribution in [-0.2, 0) is 9.47 Å². The number of nitrogens with one attached hydrogen (secondary N) is 1. The van der Waals surface area contributed by atoms with Gasteiger partial charge in [0.05, 0.1) is 19.3 Å². The second kappa shape index (κ2) is 8.08. The Morgan fingerprint density at radius 2 is 1.87 bits per heavy atom. The van der Waals surface area contributed by atoms with Crippen LogP contribution in [0.1, 0.15) is 33.1 Å². The van der Waals surface area contributed by atoms with Crippen LogP contribution in [0.4, 0.5) is 0 Å². The average Bonchev–Trinajstić information content (AvgIpc) is 2.24. The molecular weight excluding hydrogens is 190 g/mol. The van der Waals surface area contributed by atoms with E-state index in [-0.39, 0.29) is 0 Å². The van der Waals surface area contributed by atoms with E-state index in [1.54, 1.807) is 0 Å². The summed E-state index contributed by atoms with van der Waals surface area (Å²) in [5.74, 6) is 0.872. The lowest BCUT2D eigenvalue weighted by Crippen LogP contribution is -2.28. The number of hydrogen-bond donors (Lipinski definition) is 1. The van der Waals surface area contributed by atoms with Crippen molar-refractivity contribution in [3.05, 3.63) is 0 Å². The molecule has 1 fully saturated rings. The van der Waals surface area contributed by atoms with Crippen LogP contribution < -0.4 is 5.32 Å². The topological polar surface area (TPSA) is 30.5 Å². The lowest BCUT2D eigenvalue weighted by molar-refractivity contribution is 0.0156. The minimum atomic E-state index is 0.318. The van der Waals surface area contributed by atoms with Gasteiger partial charge in [0.1, 0.15) is 0 Å². The number of ether oxygens (including phenoxy) is 2. The predicted octanol–water partition coefficient (Wildman–Crippen LogP) is 1.82. The van der Waals surface area contributed by atoms with Crippen LogP contribution >= 0.6 is 0 Å². The summed E-state index contributed by atoms with van der Waals surface area (Å²) in [6, 6.07) is 0. The summed E-state index contributed by atoms with van der Waals surface area (Å²) in [4.78, 5) is 0. The SMILES string of the molecule is CC(C)OCCOCCC1CCNCC1. The Labute approximate surface area is 93.5 Å². The first kappa shape index (κ1) is 12.9. The standard InChI is InChI=1S/C12H25NO2/c1-11(2)15-10-9-14-8-5-12-3-6-13-7-4-12/h11-13H,3-10H2,1-2H3. The third-order valence-corrected chi connectivity index (χ3v) is 2.81. The Balaban J connectivity index is 1.83. The van der Waals surface area contributed by atoms with E-state index < -0.39 is 0 Å². The minimum Gasteiger partial charge on any atom is -0.379 e. The molecule has 0 unspecified atom stereocenters. The Kier molecular flexibility index (Phi) is 6.98. The fourth-order valence-electron chi connectivity index (χ4n) is 1.87. The van der Waals surface area contributed by atoms with Crippen molar-refractivity contribution in [3.8, 4) is 0 Å². The van der Waals surface area contributed by atoms with Gasteiger partial charge in [-0.3, -0.25) is 0 Å². The Morgan fingerprint density at radius 1 is 1.13 bits per heavy atom. The predicted molar refractivity (Wildman–Crippen MR) is 62.1 cm³/mol. The van der Waals surface area contributed by atoms with Crippen LogP contribution in [0.25, 0.3) is 0 Å². The van der Waals surface area contributed by atoms with Gasteiger partial charge in [0.2, 0.25) is 0 Å². The lowest BCUT2D eigenvalue weighted by atomic mass is 9.95. The summed E-state index contributed by atoms with van der Waals surface area (Å²) in [6.45, 7) is 8.82. The third kappa shape index (κ3) is 6.88. The summed E-state index contributed by atoms with van der Waals surface area (Å²) in [5, 5.41) is 3.38. The van der Waals surface area contributed by atoms with E-state index in [0.29, 0.717) is 6.10 Å². The molecule has 3 heteroatoms. The molecule has 90 valence electrons. The van der Waals surface area contributed by atoms with E-state index >= 15 is 0 Å². The average molecular weight is 215 g/mol. The summed E-state index contributed by atoms with van der Waals surface area (Å²) < 4.78 is 10.9. The summed E-state index contributed by atoms with van der Waals surface area (Å²) in [7, 11) is 0. The molecule has 1 heterocycles. The molecule has 0 aromatic carbocycles. The van der Waals surface area contributed by atoms with Gasteiger partial charge in [0.15, 0.2) is 0 Å². The fraction of sp³-hybridized carbons (Fsp3) is 1.00. The smallest absolute Gasteiger partial charge is 0.0703 e. The quantitative estimate of drug-likeness (QED) is 0.657. The van der Waals surface area contributed by atoms with E-state index in [9.17, 15) is 0 Å². The molecule has 1 N–H and O–H groups in total. The normalized spacial score (nSPS) is 18.6. The largest absolute Gasteiger partial charge is 0.379 e. The van der Waals surface area contributed by atoms with Crippen LogP contribution in [-0.4, -0.2) is 39.0 Å². The maximum Gasteiger partial charge on any atom is 0.0703 e. The first-order chi connectivity index (χ1) is 7.29. The molecule has 0 atom stereocenters. The third-order valence-electron chi connectivity index (χ3n) is 2.81. The van der Waals surface area contributed by atoms with Crippen molar-refractivity contribution in [2.75, 3.05) is 32.9 Å². The lowest BCUT2D eigenvalue weighted by Gasteiger charge is -2.22. The Hall–Kier alpha value is -0.120. The monoisotopic (exact) mass is 215 g/mol. The van der Waals surface area contributed by atoms with E-state index in [0.717, 1.165) is 25.7 Å². The highest BCUT2D eigenvalue weighted by Crippen LogP contribution is 2.15. The highest BCUT2D eigenvalue weighted by atomic mass is 16.5. The van der Waals surface area contributed by atoms with Crippen molar-refractivity contribution >= 4 is 0 Å². The van der Waals surface area contributed by atoms with Gasteiger partial charge in [-0.2, -0.15) is 0 Å². The summed E-state index contributed by atoms with van der Waals surface area (Å²) in [5.41, 5.74) is 0. The molecule has 1 saturated heterocycles. The van der Waals surface area contributed by atoms with Crippen molar-refractivity contribution in [2.24, 2.45) is 5.92 Å². The zero-order chi connectivity index (χ0) is 10.9. The fourth-order valence-corrected chi connectivity index (χ4v) is 1.87. The molecule has 15 heavy (non-hydrogen) atoms. The second-order valence-corrected chi connectivity index (χ2v) is 4.51. The molecule has 0 aliphatic carbocycles.